The molecule has 0 aliphatic carbocycles. The van der Waals surface area contributed by atoms with Gasteiger partial charge >= 0.3 is 6.03 Å². The van der Waals surface area contributed by atoms with Crippen molar-refractivity contribution in [2.75, 3.05) is 26.1 Å². The van der Waals surface area contributed by atoms with Crippen molar-refractivity contribution in [2.24, 2.45) is 0 Å². The van der Waals surface area contributed by atoms with Crippen molar-refractivity contribution >= 4 is 11.7 Å². The molecule has 0 aromatic heterocycles. The van der Waals surface area contributed by atoms with E-state index in [2.05, 4.69) is 29.7 Å². The molecule has 2 aromatic carbocycles. The van der Waals surface area contributed by atoms with Gasteiger partial charge in [-0.05, 0) is 36.6 Å². The van der Waals surface area contributed by atoms with E-state index in [1.54, 1.807) is 32.4 Å². The van der Waals surface area contributed by atoms with Gasteiger partial charge in [0.25, 0.3) is 0 Å². The number of benzene rings is 2. The highest BCUT2D eigenvalue weighted by Gasteiger charge is 2.08. The third-order valence-corrected chi connectivity index (χ3v) is 3.60. The lowest BCUT2D eigenvalue weighted by Crippen LogP contribution is -2.30. The maximum absolute atomic E-state index is 12.0. The van der Waals surface area contributed by atoms with E-state index in [1.165, 1.54) is 11.1 Å². The number of anilines is 1. The van der Waals surface area contributed by atoms with Gasteiger partial charge in [0.1, 0.15) is 11.5 Å². The van der Waals surface area contributed by atoms with E-state index in [-0.39, 0.29) is 6.03 Å². The molecule has 0 bridgehead atoms. The largest absolute Gasteiger partial charge is 0.497 e. The quantitative estimate of drug-likeness (QED) is 0.859. The van der Waals surface area contributed by atoms with E-state index >= 15 is 0 Å². The topological polar surface area (TPSA) is 59.6 Å². The number of carbonyl (C=O) groups is 1. The molecule has 0 aliphatic heterocycles. The molecule has 0 radical (unpaired) electrons. The molecule has 23 heavy (non-hydrogen) atoms. The standard InChI is InChI=1S/C18H22N2O3/c1-13-6-4-5-7-14(13)10-11-19-18(21)20-16-12-15(22-2)8-9-17(16)23-3/h4-9,12H,10-11H2,1-3H3,(H2,19,20,21). The van der Waals surface area contributed by atoms with Gasteiger partial charge in [0, 0.05) is 12.6 Å². The minimum atomic E-state index is -0.273. The Bertz CT molecular complexity index is 671. The molecule has 0 saturated heterocycles. The summed E-state index contributed by atoms with van der Waals surface area (Å²) >= 11 is 0. The van der Waals surface area contributed by atoms with Crippen LogP contribution in [0.1, 0.15) is 11.1 Å². The van der Waals surface area contributed by atoms with Gasteiger partial charge in [-0.2, -0.15) is 0 Å². The molecular formula is C18H22N2O3. The molecule has 2 amide bonds. The summed E-state index contributed by atoms with van der Waals surface area (Å²) in [6, 6.07) is 13.1. The molecule has 0 unspecified atom stereocenters. The van der Waals surface area contributed by atoms with E-state index in [0.29, 0.717) is 23.7 Å². The number of hydrogen-bond acceptors (Lipinski definition) is 3. The number of methoxy groups -OCH3 is 2. The van der Waals surface area contributed by atoms with Crippen molar-refractivity contribution in [2.45, 2.75) is 13.3 Å². The first-order valence-electron chi connectivity index (χ1n) is 7.45. The second-order valence-electron chi connectivity index (χ2n) is 5.12. The van der Waals surface area contributed by atoms with Gasteiger partial charge in [0.15, 0.2) is 0 Å². The molecule has 0 fully saturated rings. The number of hydrogen-bond donors (Lipinski definition) is 2. The fourth-order valence-corrected chi connectivity index (χ4v) is 2.28. The summed E-state index contributed by atoms with van der Waals surface area (Å²) in [7, 11) is 3.14. The molecule has 0 aliphatic rings. The smallest absolute Gasteiger partial charge is 0.319 e. The molecular weight excluding hydrogens is 292 g/mol. The predicted octanol–water partition coefficient (Wildman–Crippen LogP) is 3.38. The van der Waals surface area contributed by atoms with E-state index in [0.717, 1.165) is 6.42 Å². The molecule has 2 aromatic rings. The van der Waals surface area contributed by atoms with Gasteiger partial charge < -0.3 is 20.1 Å². The van der Waals surface area contributed by atoms with Crippen LogP contribution in [0, 0.1) is 6.92 Å². The number of nitrogens with one attached hydrogen (secondary N) is 2. The third kappa shape index (κ3) is 4.64. The van der Waals surface area contributed by atoms with Crippen LogP contribution in [0.15, 0.2) is 42.5 Å². The van der Waals surface area contributed by atoms with Crippen LogP contribution >= 0.6 is 0 Å². The van der Waals surface area contributed by atoms with E-state index in [1.807, 2.05) is 12.1 Å². The Balaban J connectivity index is 1.91. The van der Waals surface area contributed by atoms with Crippen molar-refractivity contribution in [3.8, 4) is 11.5 Å². The average molecular weight is 314 g/mol. The van der Waals surface area contributed by atoms with Crippen molar-refractivity contribution in [1.82, 2.24) is 5.32 Å². The Morgan fingerprint density at radius 1 is 1.09 bits per heavy atom. The Morgan fingerprint density at radius 2 is 1.87 bits per heavy atom. The second kappa shape index (κ2) is 8.08. The van der Waals surface area contributed by atoms with Crippen LogP contribution in [-0.2, 0) is 6.42 Å². The summed E-state index contributed by atoms with van der Waals surface area (Å²) < 4.78 is 10.4. The van der Waals surface area contributed by atoms with Crippen LogP contribution in [0.25, 0.3) is 0 Å². The summed E-state index contributed by atoms with van der Waals surface area (Å²) in [5.74, 6) is 1.24. The Hall–Kier alpha value is -2.69. The Kier molecular flexibility index (Phi) is 5.86. The van der Waals surface area contributed by atoms with Gasteiger partial charge in [-0.25, -0.2) is 4.79 Å². The summed E-state index contributed by atoms with van der Waals surface area (Å²) in [6.45, 7) is 2.62. The summed E-state index contributed by atoms with van der Waals surface area (Å²) in [4.78, 5) is 12.0. The van der Waals surface area contributed by atoms with E-state index < -0.39 is 0 Å². The van der Waals surface area contributed by atoms with Gasteiger partial charge in [-0.1, -0.05) is 24.3 Å². The lowest BCUT2D eigenvalue weighted by Gasteiger charge is -2.13. The zero-order valence-corrected chi connectivity index (χ0v) is 13.7. The lowest BCUT2D eigenvalue weighted by atomic mass is 10.1. The normalized spacial score (nSPS) is 10.0. The van der Waals surface area contributed by atoms with Gasteiger partial charge in [-0.3, -0.25) is 0 Å². The zero-order valence-electron chi connectivity index (χ0n) is 13.7. The minimum absolute atomic E-state index is 0.273. The number of carbonyl (C=O) groups excluding carboxylic acids is 1. The van der Waals surface area contributed by atoms with Crippen LogP contribution in [0.5, 0.6) is 11.5 Å². The summed E-state index contributed by atoms with van der Waals surface area (Å²) in [6.07, 6.45) is 0.787. The van der Waals surface area contributed by atoms with E-state index in [9.17, 15) is 4.79 Å². The van der Waals surface area contributed by atoms with Gasteiger partial charge in [-0.15, -0.1) is 0 Å². The van der Waals surface area contributed by atoms with Gasteiger partial charge in [0.05, 0.1) is 19.9 Å². The number of ether oxygens (including phenoxy) is 2. The molecule has 0 atom stereocenters. The maximum atomic E-state index is 12.0. The Morgan fingerprint density at radius 3 is 2.57 bits per heavy atom. The molecule has 5 nitrogen and oxygen atoms in total. The highest BCUT2D eigenvalue weighted by Crippen LogP contribution is 2.28. The molecule has 2 rings (SSSR count). The predicted molar refractivity (Wildman–Crippen MR) is 91.5 cm³/mol. The molecule has 0 saturated carbocycles. The molecule has 2 N–H and O–H groups in total. The fraction of sp³-hybridized carbons (Fsp3) is 0.278. The summed E-state index contributed by atoms with van der Waals surface area (Å²) in [5, 5.41) is 5.63. The highest BCUT2D eigenvalue weighted by molar-refractivity contribution is 5.91. The number of urea groups is 1. The van der Waals surface area contributed by atoms with Crippen molar-refractivity contribution in [3.63, 3.8) is 0 Å². The third-order valence-electron chi connectivity index (χ3n) is 3.60. The lowest BCUT2D eigenvalue weighted by molar-refractivity contribution is 0.252. The summed E-state index contributed by atoms with van der Waals surface area (Å²) in [5.41, 5.74) is 3.02. The average Bonchev–Trinajstić information content (AvgIpc) is 2.56. The first kappa shape index (κ1) is 16.7. The Labute approximate surface area is 136 Å². The second-order valence-corrected chi connectivity index (χ2v) is 5.12. The maximum Gasteiger partial charge on any atom is 0.319 e. The van der Waals surface area contributed by atoms with Gasteiger partial charge in [0.2, 0.25) is 0 Å². The van der Waals surface area contributed by atoms with Crippen molar-refractivity contribution < 1.29 is 14.3 Å². The highest BCUT2D eigenvalue weighted by atomic mass is 16.5. The van der Waals surface area contributed by atoms with Crippen LogP contribution < -0.4 is 20.1 Å². The fourth-order valence-electron chi connectivity index (χ4n) is 2.28. The molecule has 122 valence electrons. The number of rotatable bonds is 6. The minimum Gasteiger partial charge on any atom is -0.497 e. The first-order valence-corrected chi connectivity index (χ1v) is 7.45. The zero-order chi connectivity index (χ0) is 16.7. The van der Waals surface area contributed by atoms with Crippen LogP contribution in [0.2, 0.25) is 0 Å². The van der Waals surface area contributed by atoms with E-state index in [4.69, 9.17) is 9.47 Å². The van der Waals surface area contributed by atoms with Crippen LogP contribution in [0.3, 0.4) is 0 Å². The van der Waals surface area contributed by atoms with Crippen molar-refractivity contribution in [3.05, 3.63) is 53.6 Å². The van der Waals surface area contributed by atoms with Crippen molar-refractivity contribution in [1.29, 1.82) is 0 Å². The number of aryl methyl sites for hydroxylation is 1. The molecule has 5 heteroatoms. The first-order chi connectivity index (χ1) is 11.1. The molecule has 0 heterocycles. The monoisotopic (exact) mass is 314 g/mol. The van der Waals surface area contributed by atoms with Crippen LogP contribution in [0.4, 0.5) is 10.5 Å². The van der Waals surface area contributed by atoms with Crippen LogP contribution in [-0.4, -0.2) is 26.8 Å². The SMILES string of the molecule is COc1ccc(OC)c(NC(=O)NCCc2ccccc2C)c1. The number of amides is 2. The molecule has 0 spiro atoms.